The number of hydrogen-bond acceptors (Lipinski definition) is 3. The molecule has 0 spiro atoms. The zero-order chi connectivity index (χ0) is 12.0. The number of likely N-dealkylation sites (N-methyl/N-ethyl adjacent to an activating group) is 1. The maximum absolute atomic E-state index is 5.34. The van der Waals surface area contributed by atoms with Gasteiger partial charge in [0.1, 0.15) is 0 Å². The van der Waals surface area contributed by atoms with Gasteiger partial charge in [0, 0.05) is 14.2 Å². The SMILES string of the molecule is CCNC(c1ccccc1C)C(OC)OC. The highest BCUT2D eigenvalue weighted by Crippen LogP contribution is 2.22. The molecule has 0 aromatic heterocycles. The number of ether oxygens (including phenoxy) is 2. The fraction of sp³-hybridized carbons (Fsp3) is 0.538. The highest BCUT2D eigenvalue weighted by molar-refractivity contribution is 5.29. The van der Waals surface area contributed by atoms with Crippen LogP contribution in [0.2, 0.25) is 0 Å². The molecule has 1 N–H and O–H groups in total. The monoisotopic (exact) mass is 223 g/mol. The first-order valence-electron chi connectivity index (χ1n) is 5.59. The molecule has 1 aromatic rings. The van der Waals surface area contributed by atoms with Crippen LogP contribution < -0.4 is 5.32 Å². The van der Waals surface area contributed by atoms with E-state index in [2.05, 4.69) is 31.3 Å². The molecule has 0 aliphatic carbocycles. The van der Waals surface area contributed by atoms with Crippen molar-refractivity contribution in [1.29, 1.82) is 0 Å². The molecule has 0 saturated carbocycles. The average Bonchev–Trinajstić information content (AvgIpc) is 2.30. The Kier molecular flexibility index (Phi) is 5.46. The zero-order valence-corrected chi connectivity index (χ0v) is 10.5. The second-order valence-corrected chi connectivity index (χ2v) is 3.73. The highest BCUT2D eigenvalue weighted by atomic mass is 16.7. The molecule has 1 unspecified atom stereocenters. The highest BCUT2D eigenvalue weighted by Gasteiger charge is 2.22. The Labute approximate surface area is 97.8 Å². The lowest BCUT2D eigenvalue weighted by Gasteiger charge is -2.27. The van der Waals surface area contributed by atoms with Crippen LogP contribution in [0.1, 0.15) is 24.1 Å². The number of methoxy groups -OCH3 is 2. The summed E-state index contributed by atoms with van der Waals surface area (Å²) in [5.74, 6) is 0. The van der Waals surface area contributed by atoms with Crippen LogP contribution in [0.15, 0.2) is 24.3 Å². The summed E-state index contributed by atoms with van der Waals surface area (Å²) in [6.07, 6.45) is -0.263. The molecule has 0 saturated heterocycles. The minimum atomic E-state index is -0.263. The summed E-state index contributed by atoms with van der Waals surface area (Å²) < 4.78 is 10.7. The molecule has 1 aromatic carbocycles. The number of aryl methyl sites for hydroxylation is 1. The maximum atomic E-state index is 5.34. The van der Waals surface area contributed by atoms with Crippen LogP contribution in [0.4, 0.5) is 0 Å². The summed E-state index contributed by atoms with van der Waals surface area (Å²) in [6.45, 7) is 5.05. The van der Waals surface area contributed by atoms with E-state index in [9.17, 15) is 0 Å². The molecule has 0 bridgehead atoms. The maximum Gasteiger partial charge on any atom is 0.176 e. The van der Waals surface area contributed by atoms with Crippen LogP contribution in [-0.4, -0.2) is 27.1 Å². The van der Waals surface area contributed by atoms with Crippen LogP contribution in [0, 0.1) is 6.92 Å². The van der Waals surface area contributed by atoms with E-state index in [-0.39, 0.29) is 12.3 Å². The van der Waals surface area contributed by atoms with Crippen LogP contribution in [-0.2, 0) is 9.47 Å². The van der Waals surface area contributed by atoms with Crippen LogP contribution in [0.5, 0.6) is 0 Å². The minimum Gasteiger partial charge on any atom is -0.354 e. The van der Waals surface area contributed by atoms with Crippen molar-refractivity contribution < 1.29 is 9.47 Å². The fourth-order valence-corrected chi connectivity index (χ4v) is 1.88. The van der Waals surface area contributed by atoms with Crippen molar-refractivity contribution in [2.45, 2.75) is 26.2 Å². The fourth-order valence-electron chi connectivity index (χ4n) is 1.88. The van der Waals surface area contributed by atoms with Crippen molar-refractivity contribution >= 4 is 0 Å². The van der Waals surface area contributed by atoms with E-state index in [1.165, 1.54) is 11.1 Å². The predicted molar refractivity (Wildman–Crippen MR) is 65.4 cm³/mol. The average molecular weight is 223 g/mol. The molecule has 0 heterocycles. The second kappa shape index (κ2) is 6.63. The van der Waals surface area contributed by atoms with Gasteiger partial charge in [-0.3, -0.25) is 0 Å². The Morgan fingerprint density at radius 3 is 2.31 bits per heavy atom. The molecular formula is C13H21NO2. The summed E-state index contributed by atoms with van der Waals surface area (Å²) in [6, 6.07) is 8.35. The van der Waals surface area contributed by atoms with Crippen molar-refractivity contribution in [3.05, 3.63) is 35.4 Å². The zero-order valence-electron chi connectivity index (χ0n) is 10.5. The topological polar surface area (TPSA) is 30.5 Å². The van der Waals surface area contributed by atoms with Gasteiger partial charge < -0.3 is 14.8 Å². The summed E-state index contributed by atoms with van der Waals surface area (Å²) in [5.41, 5.74) is 2.46. The van der Waals surface area contributed by atoms with Gasteiger partial charge in [-0.1, -0.05) is 31.2 Å². The lowest BCUT2D eigenvalue weighted by atomic mass is 10.0. The third-order valence-corrected chi connectivity index (χ3v) is 2.68. The minimum absolute atomic E-state index is 0.0706. The molecule has 3 heteroatoms. The van der Waals surface area contributed by atoms with Gasteiger partial charge >= 0.3 is 0 Å². The molecule has 0 fully saturated rings. The van der Waals surface area contributed by atoms with Gasteiger partial charge in [-0.25, -0.2) is 0 Å². The quantitative estimate of drug-likeness (QED) is 0.750. The van der Waals surface area contributed by atoms with E-state index in [1.54, 1.807) is 14.2 Å². The molecule has 90 valence electrons. The van der Waals surface area contributed by atoms with E-state index in [1.807, 2.05) is 12.1 Å². The van der Waals surface area contributed by atoms with Gasteiger partial charge in [-0.05, 0) is 24.6 Å². The Morgan fingerprint density at radius 1 is 1.19 bits per heavy atom. The van der Waals surface area contributed by atoms with Crippen molar-refractivity contribution in [1.82, 2.24) is 5.32 Å². The van der Waals surface area contributed by atoms with Gasteiger partial charge in [0.15, 0.2) is 6.29 Å². The summed E-state index contributed by atoms with van der Waals surface area (Å²) >= 11 is 0. The van der Waals surface area contributed by atoms with Crippen molar-refractivity contribution in [3.63, 3.8) is 0 Å². The van der Waals surface area contributed by atoms with Gasteiger partial charge in [-0.15, -0.1) is 0 Å². The second-order valence-electron chi connectivity index (χ2n) is 3.73. The van der Waals surface area contributed by atoms with Gasteiger partial charge in [0.05, 0.1) is 6.04 Å². The summed E-state index contributed by atoms with van der Waals surface area (Å²) in [7, 11) is 3.33. The van der Waals surface area contributed by atoms with E-state index >= 15 is 0 Å². The first-order chi connectivity index (χ1) is 7.74. The number of benzene rings is 1. The van der Waals surface area contributed by atoms with Gasteiger partial charge in [0.2, 0.25) is 0 Å². The van der Waals surface area contributed by atoms with Crippen LogP contribution in [0.3, 0.4) is 0 Å². The molecular weight excluding hydrogens is 202 g/mol. The number of nitrogens with one attached hydrogen (secondary N) is 1. The Balaban J connectivity index is 2.97. The Hall–Kier alpha value is -0.900. The Bertz CT molecular complexity index is 311. The summed E-state index contributed by atoms with van der Waals surface area (Å²) in [5, 5.41) is 3.39. The van der Waals surface area contributed by atoms with Gasteiger partial charge in [-0.2, -0.15) is 0 Å². The molecule has 0 aliphatic heterocycles. The molecule has 3 nitrogen and oxygen atoms in total. The first kappa shape index (κ1) is 13.2. The van der Waals surface area contributed by atoms with Crippen LogP contribution in [0.25, 0.3) is 0 Å². The Morgan fingerprint density at radius 2 is 1.81 bits per heavy atom. The van der Waals surface area contributed by atoms with E-state index in [0.717, 1.165) is 6.54 Å². The van der Waals surface area contributed by atoms with E-state index < -0.39 is 0 Å². The normalized spacial score (nSPS) is 13.1. The smallest absolute Gasteiger partial charge is 0.176 e. The van der Waals surface area contributed by atoms with Gasteiger partial charge in [0.25, 0.3) is 0 Å². The largest absolute Gasteiger partial charge is 0.354 e. The third kappa shape index (κ3) is 3.04. The molecule has 16 heavy (non-hydrogen) atoms. The van der Waals surface area contributed by atoms with E-state index in [0.29, 0.717) is 0 Å². The van der Waals surface area contributed by atoms with Crippen molar-refractivity contribution in [3.8, 4) is 0 Å². The third-order valence-electron chi connectivity index (χ3n) is 2.68. The molecule has 1 rings (SSSR count). The van der Waals surface area contributed by atoms with Crippen LogP contribution >= 0.6 is 0 Å². The molecule has 0 aliphatic rings. The van der Waals surface area contributed by atoms with E-state index in [4.69, 9.17) is 9.47 Å². The standard InChI is InChI=1S/C13H21NO2/c1-5-14-12(13(15-3)16-4)11-9-7-6-8-10(11)2/h6-9,12-14H,5H2,1-4H3. The number of hydrogen-bond donors (Lipinski definition) is 1. The number of rotatable bonds is 6. The lowest BCUT2D eigenvalue weighted by Crippen LogP contribution is -2.34. The first-order valence-corrected chi connectivity index (χ1v) is 5.59. The molecule has 0 amide bonds. The summed E-state index contributed by atoms with van der Waals surface area (Å²) in [4.78, 5) is 0. The molecule has 0 radical (unpaired) electrons. The molecule has 1 atom stereocenters. The lowest BCUT2D eigenvalue weighted by molar-refractivity contribution is -0.124. The predicted octanol–water partition coefficient (Wildman–Crippen LogP) is 2.26. The van der Waals surface area contributed by atoms with Crippen molar-refractivity contribution in [2.75, 3.05) is 20.8 Å². The van der Waals surface area contributed by atoms with Crippen molar-refractivity contribution in [2.24, 2.45) is 0 Å².